The Balaban J connectivity index is 2.06. The molecule has 1 N–H and O–H groups in total. The minimum atomic E-state index is -0.774. The molecular formula is C24H23IN2O5. The molecule has 1 aliphatic rings. The number of ether oxygens (including phenoxy) is 2. The number of hydrogen-bond acceptors (Lipinski definition) is 5. The molecule has 32 heavy (non-hydrogen) atoms. The van der Waals surface area contributed by atoms with Gasteiger partial charge in [0.15, 0.2) is 11.5 Å². The van der Waals surface area contributed by atoms with Crippen molar-refractivity contribution in [2.75, 3.05) is 18.1 Å². The molecule has 0 unspecified atom stereocenters. The van der Waals surface area contributed by atoms with Crippen molar-refractivity contribution in [2.45, 2.75) is 20.8 Å². The second kappa shape index (κ2) is 9.99. The second-order valence-electron chi connectivity index (χ2n) is 7.04. The average Bonchev–Trinajstić information content (AvgIpc) is 2.73. The summed E-state index contributed by atoms with van der Waals surface area (Å²) in [6.45, 7) is 9.93. The van der Waals surface area contributed by atoms with Crippen LogP contribution in [0.15, 0.2) is 48.6 Å². The van der Waals surface area contributed by atoms with Crippen LogP contribution in [0.2, 0.25) is 0 Å². The van der Waals surface area contributed by atoms with E-state index in [-0.39, 0.29) is 5.57 Å². The van der Waals surface area contributed by atoms with Crippen LogP contribution in [0.1, 0.15) is 23.6 Å². The quantitative estimate of drug-likeness (QED) is 0.239. The number of carbonyl (C=O) groups excluding carboxylic acids is 3. The van der Waals surface area contributed by atoms with Gasteiger partial charge in [0.2, 0.25) is 0 Å². The minimum Gasteiger partial charge on any atom is -0.490 e. The molecule has 0 radical (unpaired) electrons. The first kappa shape index (κ1) is 23.5. The summed E-state index contributed by atoms with van der Waals surface area (Å²) in [5, 5.41) is 2.26. The molecular weight excluding hydrogens is 523 g/mol. The molecule has 3 rings (SSSR count). The maximum absolute atomic E-state index is 13.2. The van der Waals surface area contributed by atoms with Crippen molar-refractivity contribution < 1.29 is 23.9 Å². The summed E-state index contributed by atoms with van der Waals surface area (Å²) in [6, 6.07) is 8.01. The molecule has 0 spiro atoms. The first-order valence-corrected chi connectivity index (χ1v) is 11.0. The van der Waals surface area contributed by atoms with Gasteiger partial charge >= 0.3 is 6.03 Å². The molecule has 8 heteroatoms. The van der Waals surface area contributed by atoms with Gasteiger partial charge in [0, 0.05) is 0 Å². The summed E-state index contributed by atoms with van der Waals surface area (Å²) in [5.41, 5.74) is 2.56. The predicted octanol–water partition coefficient (Wildman–Crippen LogP) is 4.54. The number of rotatable bonds is 7. The van der Waals surface area contributed by atoms with Crippen LogP contribution in [0, 0.1) is 17.4 Å². The number of imide groups is 2. The average molecular weight is 546 g/mol. The van der Waals surface area contributed by atoms with Gasteiger partial charge in [-0.05, 0) is 84.3 Å². The molecule has 0 saturated carbocycles. The topological polar surface area (TPSA) is 84.9 Å². The number of nitrogens with zero attached hydrogens (tertiary/aromatic N) is 1. The highest BCUT2D eigenvalue weighted by molar-refractivity contribution is 14.1. The van der Waals surface area contributed by atoms with Gasteiger partial charge in [0.25, 0.3) is 11.8 Å². The second-order valence-corrected chi connectivity index (χ2v) is 8.20. The molecule has 2 aromatic rings. The van der Waals surface area contributed by atoms with Crippen LogP contribution >= 0.6 is 22.6 Å². The molecule has 166 valence electrons. The van der Waals surface area contributed by atoms with Crippen LogP contribution in [0.3, 0.4) is 0 Å². The van der Waals surface area contributed by atoms with Gasteiger partial charge in [-0.15, -0.1) is 0 Å². The van der Waals surface area contributed by atoms with E-state index in [1.165, 1.54) is 6.08 Å². The maximum atomic E-state index is 13.2. The largest absolute Gasteiger partial charge is 0.490 e. The number of amides is 4. The first-order chi connectivity index (χ1) is 15.3. The fraction of sp³-hybridized carbons (Fsp3) is 0.208. The van der Waals surface area contributed by atoms with Crippen LogP contribution in [-0.2, 0) is 9.59 Å². The van der Waals surface area contributed by atoms with Gasteiger partial charge in [0.1, 0.15) is 12.2 Å². The Bertz CT molecular complexity index is 1140. The smallest absolute Gasteiger partial charge is 0.335 e. The van der Waals surface area contributed by atoms with Gasteiger partial charge in [0.05, 0.1) is 15.9 Å². The molecule has 7 nitrogen and oxygen atoms in total. The summed E-state index contributed by atoms with van der Waals surface area (Å²) in [5.74, 6) is -0.394. The summed E-state index contributed by atoms with van der Waals surface area (Å²) >= 11 is 2.10. The summed E-state index contributed by atoms with van der Waals surface area (Å²) < 4.78 is 12.1. The first-order valence-electron chi connectivity index (χ1n) is 9.96. The maximum Gasteiger partial charge on any atom is 0.335 e. The SMILES string of the molecule is C=CCOc1c(I)cc(/C=C2\C(=O)NC(=O)N(c3cccc(C)c3C)C2=O)cc1OCC. The standard InChI is InChI=1S/C24H23IN2O5/c1-5-10-32-21-18(25)12-16(13-20(21)31-6-2)11-17-22(28)26-24(30)27(23(17)29)19-9-7-8-14(3)15(19)4/h5,7-9,11-13H,1,6,10H2,2-4H3,(H,26,28,30)/b17-11+. The lowest BCUT2D eigenvalue weighted by atomic mass is 10.0. The van der Waals surface area contributed by atoms with Crippen molar-refractivity contribution in [1.29, 1.82) is 0 Å². The van der Waals surface area contributed by atoms with E-state index >= 15 is 0 Å². The lowest BCUT2D eigenvalue weighted by Crippen LogP contribution is -2.54. The molecule has 4 amide bonds. The third-order valence-corrected chi connectivity index (χ3v) is 5.71. The normalized spacial score (nSPS) is 15.1. The zero-order valence-electron chi connectivity index (χ0n) is 18.0. The van der Waals surface area contributed by atoms with Crippen LogP contribution < -0.4 is 19.7 Å². The van der Waals surface area contributed by atoms with Gasteiger partial charge in [-0.3, -0.25) is 14.9 Å². The number of halogens is 1. The van der Waals surface area contributed by atoms with Crippen molar-refractivity contribution in [3.05, 3.63) is 68.8 Å². The van der Waals surface area contributed by atoms with Crippen LogP contribution in [-0.4, -0.2) is 31.1 Å². The van der Waals surface area contributed by atoms with Crippen molar-refractivity contribution in [3.63, 3.8) is 0 Å². The highest BCUT2D eigenvalue weighted by atomic mass is 127. The Morgan fingerprint density at radius 1 is 1.16 bits per heavy atom. The fourth-order valence-corrected chi connectivity index (χ4v) is 4.02. The highest BCUT2D eigenvalue weighted by Gasteiger charge is 2.37. The number of barbiturate groups is 1. The predicted molar refractivity (Wildman–Crippen MR) is 131 cm³/mol. The Morgan fingerprint density at radius 2 is 1.91 bits per heavy atom. The van der Waals surface area contributed by atoms with Crippen molar-refractivity contribution in [2.24, 2.45) is 0 Å². The van der Waals surface area contributed by atoms with E-state index in [9.17, 15) is 14.4 Å². The van der Waals surface area contributed by atoms with Crippen LogP contribution in [0.25, 0.3) is 6.08 Å². The number of aryl methyl sites for hydroxylation is 1. The fourth-order valence-electron chi connectivity index (χ4n) is 3.24. The number of nitrogens with one attached hydrogen (secondary N) is 1. The van der Waals surface area contributed by atoms with Gasteiger partial charge in [-0.25, -0.2) is 9.69 Å². The van der Waals surface area contributed by atoms with E-state index < -0.39 is 17.8 Å². The van der Waals surface area contributed by atoms with Gasteiger partial charge < -0.3 is 9.47 Å². The minimum absolute atomic E-state index is 0.150. The number of benzene rings is 2. The van der Waals surface area contributed by atoms with Crippen molar-refractivity contribution in [3.8, 4) is 11.5 Å². The Morgan fingerprint density at radius 3 is 2.59 bits per heavy atom. The molecule has 1 aliphatic heterocycles. The Hall–Kier alpha value is -3.14. The van der Waals surface area contributed by atoms with Crippen LogP contribution in [0.4, 0.5) is 10.5 Å². The monoisotopic (exact) mass is 546 g/mol. The van der Waals surface area contributed by atoms with E-state index in [2.05, 4.69) is 34.5 Å². The summed E-state index contributed by atoms with van der Waals surface area (Å²) in [6.07, 6.45) is 3.08. The molecule has 0 atom stereocenters. The lowest BCUT2D eigenvalue weighted by Gasteiger charge is -2.28. The number of urea groups is 1. The highest BCUT2D eigenvalue weighted by Crippen LogP contribution is 2.35. The third-order valence-electron chi connectivity index (χ3n) is 4.91. The lowest BCUT2D eigenvalue weighted by molar-refractivity contribution is -0.122. The molecule has 1 heterocycles. The van der Waals surface area contributed by atoms with E-state index in [4.69, 9.17) is 9.47 Å². The molecule has 2 aromatic carbocycles. The van der Waals surface area contributed by atoms with Crippen molar-refractivity contribution in [1.82, 2.24) is 5.32 Å². The molecule has 0 aliphatic carbocycles. The number of carbonyl (C=O) groups is 3. The van der Waals surface area contributed by atoms with Gasteiger partial charge in [-0.1, -0.05) is 24.8 Å². The zero-order valence-corrected chi connectivity index (χ0v) is 20.2. The molecule has 1 fully saturated rings. The third kappa shape index (κ3) is 4.69. The summed E-state index contributed by atoms with van der Waals surface area (Å²) in [4.78, 5) is 39.3. The van der Waals surface area contributed by atoms with E-state index in [0.717, 1.165) is 19.6 Å². The van der Waals surface area contributed by atoms with E-state index in [1.54, 1.807) is 30.3 Å². The number of hydrogen-bond donors (Lipinski definition) is 1. The molecule has 0 aromatic heterocycles. The van der Waals surface area contributed by atoms with Gasteiger partial charge in [-0.2, -0.15) is 0 Å². The Labute approximate surface area is 200 Å². The van der Waals surface area contributed by atoms with Crippen molar-refractivity contribution >= 4 is 52.2 Å². The number of anilines is 1. The molecule has 1 saturated heterocycles. The zero-order chi connectivity index (χ0) is 23.4. The summed E-state index contributed by atoms with van der Waals surface area (Å²) in [7, 11) is 0. The molecule has 0 bridgehead atoms. The van der Waals surface area contributed by atoms with E-state index in [1.807, 2.05) is 26.8 Å². The van der Waals surface area contributed by atoms with E-state index in [0.29, 0.717) is 36.0 Å². The Kier molecular flexibility index (Phi) is 7.34. The van der Waals surface area contributed by atoms with Crippen LogP contribution in [0.5, 0.6) is 11.5 Å².